The van der Waals surface area contributed by atoms with E-state index in [0.29, 0.717) is 31.9 Å². The highest BCUT2D eigenvalue weighted by Crippen LogP contribution is 2.20. The molecule has 1 aliphatic heterocycles. The maximum atomic E-state index is 12.4. The van der Waals surface area contributed by atoms with Crippen molar-refractivity contribution in [3.8, 4) is 0 Å². The Morgan fingerprint density at radius 1 is 1.25 bits per heavy atom. The lowest BCUT2D eigenvalue weighted by atomic mass is 10.2. The molecule has 1 aliphatic carbocycles. The molecule has 1 saturated carbocycles. The van der Waals surface area contributed by atoms with E-state index in [0.717, 1.165) is 25.9 Å². The van der Waals surface area contributed by atoms with Crippen LogP contribution in [0.1, 0.15) is 23.2 Å². The Morgan fingerprint density at radius 3 is 2.71 bits per heavy atom. The molecule has 2 aliphatic rings. The molecule has 2 fully saturated rings. The standard InChI is InChI=1S/C16H23N3O4S/c20-16(18-14-4-5-14)13-2-1-3-15(12-13)24(21,22)17-6-7-19-8-10-23-11-9-19/h1-3,12,14,17H,4-11H2,(H,18,20). The van der Waals surface area contributed by atoms with Gasteiger partial charge in [-0.05, 0) is 31.0 Å². The zero-order valence-electron chi connectivity index (χ0n) is 13.5. The van der Waals surface area contributed by atoms with Crippen LogP contribution in [-0.4, -0.2) is 64.7 Å². The molecule has 0 unspecified atom stereocenters. The zero-order valence-corrected chi connectivity index (χ0v) is 14.3. The Bertz CT molecular complexity index is 682. The van der Waals surface area contributed by atoms with Crippen molar-refractivity contribution < 1.29 is 17.9 Å². The van der Waals surface area contributed by atoms with E-state index in [4.69, 9.17) is 4.74 Å². The van der Waals surface area contributed by atoms with Crippen LogP contribution in [0.4, 0.5) is 0 Å². The molecular weight excluding hydrogens is 330 g/mol. The third-order valence-corrected chi connectivity index (χ3v) is 5.60. The zero-order chi connectivity index (χ0) is 17.0. The summed E-state index contributed by atoms with van der Waals surface area (Å²) in [4.78, 5) is 14.3. The smallest absolute Gasteiger partial charge is 0.251 e. The number of nitrogens with one attached hydrogen (secondary N) is 2. The lowest BCUT2D eigenvalue weighted by Crippen LogP contribution is -2.41. The molecule has 24 heavy (non-hydrogen) atoms. The van der Waals surface area contributed by atoms with Crippen molar-refractivity contribution in [3.05, 3.63) is 29.8 Å². The Kier molecular flexibility index (Phi) is 5.50. The SMILES string of the molecule is O=C(NC1CC1)c1cccc(S(=O)(=O)NCCN2CCOCC2)c1. The summed E-state index contributed by atoms with van der Waals surface area (Å²) in [6, 6.07) is 6.40. The third kappa shape index (κ3) is 4.76. The summed E-state index contributed by atoms with van der Waals surface area (Å²) in [6.07, 6.45) is 1.99. The summed E-state index contributed by atoms with van der Waals surface area (Å²) >= 11 is 0. The summed E-state index contributed by atoms with van der Waals surface area (Å²) in [6.45, 7) is 3.98. The lowest BCUT2D eigenvalue weighted by molar-refractivity contribution is 0.0390. The van der Waals surface area contributed by atoms with Gasteiger partial charge in [-0.25, -0.2) is 13.1 Å². The van der Waals surface area contributed by atoms with Gasteiger partial charge in [0, 0.05) is 37.8 Å². The minimum absolute atomic E-state index is 0.118. The van der Waals surface area contributed by atoms with Gasteiger partial charge in [0.25, 0.3) is 5.91 Å². The molecule has 1 heterocycles. The molecule has 0 bridgehead atoms. The second-order valence-corrected chi connectivity index (χ2v) is 7.89. The Hall–Kier alpha value is -1.48. The van der Waals surface area contributed by atoms with E-state index in [-0.39, 0.29) is 16.8 Å². The first-order valence-electron chi connectivity index (χ1n) is 8.25. The molecular formula is C16H23N3O4S. The van der Waals surface area contributed by atoms with E-state index in [2.05, 4.69) is 14.9 Å². The number of hydrogen-bond acceptors (Lipinski definition) is 5. The summed E-state index contributed by atoms with van der Waals surface area (Å²) in [5.41, 5.74) is 0.373. The van der Waals surface area contributed by atoms with Gasteiger partial charge in [0.2, 0.25) is 10.0 Å². The number of carbonyl (C=O) groups is 1. The van der Waals surface area contributed by atoms with E-state index >= 15 is 0 Å². The van der Waals surface area contributed by atoms with Gasteiger partial charge in [-0.2, -0.15) is 0 Å². The van der Waals surface area contributed by atoms with Crippen LogP contribution < -0.4 is 10.0 Å². The molecule has 1 aromatic rings. The highest BCUT2D eigenvalue weighted by molar-refractivity contribution is 7.89. The predicted octanol–water partition coefficient (Wildman–Crippen LogP) is 0.189. The molecule has 0 aromatic heterocycles. The molecule has 7 nitrogen and oxygen atoms in total. The summed E-state index contributed by atoms with van der Waals surface area (Å²) < 4.78 is 32.7. The third-order valence-electron chi connectivity index (χ3n) is 4.14. The predicted molar refractivity (Wildman–Crippen MR) is 89.4 cm³/mol. The molecule has 1 aromatic carbocycles. The highest BCUT2D eigenvalue weighted by Gasteiger charge is 2.24. The number of hydrogen-bond donors (Lipinski definition) is 2. The van der Waals surface area contributed by atoms with E-state index in [9.17, 15) is 13.2 Å². The Labute approximate surface area is 142 Å². The second kappa shape index (κ2) is 7.60. The first kappa shape index (κ1) is 17.3. The molecule has 132 valence electrons. The fourth-order valence-electron chi connectivity index (χ4n) is 2.55. The largest absolute Gasteiger partial charge is 0.379 e. The van der Waals surface area contributed by atoms with Crippen LogP contribution in [0.15, 0.2) is 29.2 Å². The first-order chi connectivity index (χ1) is 11.5. The molecule has 0 radical (unpaired) electrons. The van der Waals surface area contributed by atoms with E-state index in [1.807, 2.05) is 0 Å². The van der Waals surface area contributed by atoms with Crippen LogP contribution in [0.2, 0.25) is 0 Å². The summed E-state index contributed by atoms with van der Waals surface area (Å²) in [5.74, 6) is -0.220. The summed E-state index contributed by atoms with van der Waals surface area (Å²) in [5, 5.41) is 2.86. The van der Waals surface area contributed by atoms with Crippen molar-refractivity contribution in [2.45, 2.75) is 23.8 Å². The van der Waals surface area contributed by atoms with Gasteiger partial charge in [0.05, 0.1) is 18.1 Å². The van der Waals surface area contributed by atoms with Gasteiger partial charge in [-0.3, -0.25) is 9.69 Å². The monoisotopic (exact) mass is 353 g/mol. The van der Waals surface area contributed by atoms with Crippen molar-refractivity contribution in [2.75, 3.05) is 39.4 Å². The number of ether oxygens (including phenoxy) is 1. The van der Waals surface area contributed by atoms with Gasteiger partial charge in [0.1, 0.15) is 0 Å². The van der Waals surface area contributed by atoms with Crippen LogP contribution in [0.3, 0.4) is 0 Å². The number of rotatable bonds is 7. The minimum Gasteiger partial charge on any atom is -0.379 e. The first-order valence-corrected chi connectivity index (χ1v) is 9.73. The van der Waals surface area contributed by atoms with Crippen molar-refractivity contribution in [1.29, 1.82) is 0 Å². The fraction of sp³-hybridized carbons (Fsp3) is 0.562. The van der Waals surface area contributed by atoms with Gasteiger partial charge in [-0.15, -0.1) is 0 Å². The highest BCUT2D eigenvalue weighted by atomic mass is 32.2. The number of nitrogens with zero attached hydrogens (tertiary/aromatic N) is 1. The van der Waals surface area contributed by atoms with Crippen LogP contribution >= 0.6 is 0 Å². The van der Waals surface area contributed by atoms with Gasteiger partial charge in [-0.1, -0.05) is 6.07 Å². The van der Waals surface area contributed by atoms with Crippen molar-refractivity contribution in [3.63, 3.8) is 0 Å². The normalized spacial score (nSPS) is 19.2. The molecule has 1 saturated heterocycles. The second-order valence-electron chi connectivity index (χ2n) is 6.13. The molecule has 8 heteroatoms. The number of carbonyl (C=O) groups excluding carboxylic acids is 1. The van der Waals surface area contributed by atoms with Crippen LogP contribution in [0, 0.1) is 0 Å². The van der Waals surface area contributed by atoms with E-state index < -0.39 is 10.0 Å². The fourth-order valence-corrected chi connectivity index (χ4v) is 3.61. The van der Waals surface area contributed by atoms with Gasteiger partial charge < -0.3 is 10.1 Å². The lowest BCUT2D eigenvalue weighted by Gasteiger charge is -2.26. The van der Waals surface area contributed by atoms with E-state index in [1.165, 1.54) is 12.1 Å². The van der Waals surface area contributed by atoms with Crippen molar-refractivity contribution in [1.82, 2.24) is 14.9 Å². The number of sulfonamides is 1. The molecule has 1 amide bonds. The average Bonchev–Trinajstić information content (AvgIpc) is 3.40. The van der Waals surface area contributed by atoms with Crippen molar-refractivity contribution in [2.24, 2.45) is 0 Å². The quantitative estimate of drug-likeness (QED) is 0.731. The molecule has 3 rings (SSSR count). The maximum Gasteiger partial charge on any atom is 0.251 e. The van der Waals surface area contributed by atoms with Crippen LogP contribution in [0.25, 0.3) is 0 Å². The Balaban J connectivity index is 1.57. The van der Waals surface area contributed by atoms with Crippen LogP contribution in [-0.2, 0) is 14.8 Å². The molecule has 2 N–H and O–H groups in total. The topological polar surface area (TPSA) is 87.7 Å². The number of benzene rings is 1. The molecule has 0 atom stereocenters. The molecule has 0 spiro atoms. The van der Waals surface area contributed by atoms with Gasteiger partial charge >= 0.3 is 0 Å². The maximum absolute atomic E-state index is 12.4. The number of morpholine rings is 1. The number of amides is 1. The Morgan fingerprint density at radius 2 is 2.00 bits per heavy atom. The van der Waals surface area contributed by atoms with Crippen LogP contribution in [0.5, 0.6) is 0 Å². The summed E-state index contributed by atoms with van der Waals surface area (Å²) in [7, 11) is -3.62. The van der Waals surface area contributed by atoms with Crippen molar-refractivity contribution >= 4 is 15.9 Å². The van der Waals surface area contributed by atoms with E-state index in [1.54, 1.807) is 12.1 Å². The van der Waals surface area contributed by atoms with Gasteiger partial charge in [0.15, 0.2) is 0 Å². The minimum atomic E-state index is -3.62. The average molecular weight is 353 g/mol.